The summed E-state index contributed by atoms with van der Waals surface area (Å²) in [5, 5.41) is 27.5. The van der Waals surface area contributed by atoms with Crippen LogP contribution in [0.5, 0.6) is 5.75 Å². The molecule has 0 radical (unpaired) electrons. The van der Waals surface area contributed by atoms with Crippen LogP contribution in [0.15, 0.2) is 53.1 Å². The zero-order valence-corrected chi connectivity index (χ0v) is 12.9. The van der Waals surface area contributed by atoms with E-state index in [1.54, 1.807) is 36.6 Å². The Bertz CT molecular complexity index is 1070. The molecule has 0 aliphatic rings. The van der Waals surface area contributed by atoms with Gasteiger partial charge in [0.2, 0.25) is 0 Å². The first-order chi connectivity index (χ1) is 11.7. The molecule has 0 saturated carbocycles. The van der Waals surface area contributed by atoms with E-state index in [-0.39, 0.29) is 5.75 Å². The molecule has 24 heavy (non-hydrogen) atoms. The number of rotatable bonds is 2. The van der Waals surface area contributed by atoms with E-state index in [1.807, 2.05) is 19.1 Å². The third kappa shape index (κ3) is 2.05. The molecule has 0 saturated heterocycles. The summed E-state index contributed by atoms with van der Waals surface area (Å²) in [6.45, 7) is 1.90. The molecule has 4 aromatic rings. The summed E-state index contributed by atoms with van der Waals surface area (Å²) < 4.78 is 5.57. The first kappa shape index (κ1) is 14.1. The number of H-pyrrole nitrogens is 1. The molecule has 0 fully saturated rings. The van der Waals surface area contributed by atoms with Crippen molar-refractivity contribution in [3.8, 4) is 34.3 Å². The van der Waals surface area contributed by atoms with Crippen LogP contribution in [0.1, 0.15) is 11.3 Å². The van der Waals surface area contributed by atoms with Crippen molar-refractivity contribution < 1.29 is 9.52 Å². The van der Waals surface area contributed by atoms with E-state index in [2.05, 4.69) is 16.3 Å². The molecule has 116 valence electrons. The largest absolute Gasteiger partial charge is 0.508 e. The number of phenols is 1. The van der Waals surface area contributed by atoms with E-state index < -0.39 is 0 Å². The van der Waals surface area contributed by atoms with Crippen LogP contribution in [0.2, 0.25) is 0 Å². The monoisotopic (exact) mass is 315 g/mol. The van der Waals surface area contributed by atoms with Gasteiger partial charge in [0, 0.05) is 16.5 Å². The van der Waals surface area contributed by atoms with E-state index in [0.717, 1.165) is 33.3 Å². The Balaban J connectivity index is 2.13. The highest BCUT2D eigenvalue weighted by Crippen LogP contribution is 2.39. The molecule has 2 aromatic heterocycles. The number of phenolic OH excluding ortho intramolecular Hbond substituents is 1. The summed E-state index contributed by atoms with van der Waals surface area (Å²) in [5.41, 5.74) is 4.50. The molecule has 2 heterocycles. The Morgan fingerprint density at radius 2 is 2.00 bits per heavy atom. The van der Waals surface area contributed by atoms with Gasteiger partial charge in [0.25, 0.3) is 0 Å². The minimum Gasteiger partial charge on any atom is -0.508 e. The van der Waals surface area contributed by atoms with Crippen LogP contribution in [-0.4, -0.2) is 15.3 Å². The summed E-state index contributed by atoms with van der Waals surface area (Å²) >= 11 is 0. The summed E-state index contributed by atoms with van der Waals surface area (Å²) in [5.74, 6) is 0.809. The highest BCUT2D eigenvalue weighted by molar-refractivity contribution is 6.02. The number of nitrogens with one attached hydrogen (secondary N) is 1. The lowest BCUT2D eigenvalue weighted by Gasteiger charge is -2.11. The van der Waals surface area contributed by atoms with Gasteiger partial charge in [-0.1, -0.05) is 12.1 Å². The maximum Gasteiger partial charge on any atom is 0.135 e. The van der Waals surface area contributed by atoms with Crippen LogP contribution in [0.3, 0.4) is 0 Å². The predicted molar refractivity (Wildman–Crippen MR) is 90.3 cm³/mol. The third-order valence-corrected chi connectivity index (χ3v) is 4.09. The van der Waals surface area contributed by atoms with Gasteiger partial charge in [-0.25, -0.2) is 0 Å². The Morgan fingerprint density at radius 1 is 1.21 bits per heavy atom. The highest BCUT2D eigenvalue weighted by Gasteiger charge is 2.20. The summed E-state index contributed by atoms with van der Waals surface area (Å²) in [7, 11) is 0. The lowest BCUT2D eigenvalue weighted by Crippen LogP contribution is -1.91. The van der Waals surface area contributed by atoms with Gasteiger partial charge in [-0.2, -0.15) is 10.4 Å². The van der Waals surface area contributed by atoms with Gasteiger partial charge < -0.3 is 9.52 Å². The summed E-state index contributed by atoms with van der Waals surface area (Å²) in [6, 6.07) is 14.6. The second-order valence-corrected chi connectivity index (χ2v) is 5.54. The number of hydrogen-bond donors (Lipinski definition) is 2. The molecule has 2 N–H and O–H groups in total. The van der Waals surface area contributed by atoms with Gasteiger partial charge >= 0.3 is 0 Å². The molecule has 4 rings (SSSR count). The number of benzene rings is 2. The lowest BCUT2D eigenvalue weighted by atomic mass is 9.91. The van der Waals surface area contributed by atoms with Crippen LogP contribution < -0.4 is 0 Å². The Hall–Kier alpha value is -3.52. The van der Waals surface area contributed by atoms with Crippen LogP contribution in [-0.2, 0) is 0 Å². The topological polar surface area (TPSA) is 85.8 Å². The maximum absolute atomic E-state index is 9.83. The van der Waals surface area contributed by atoms with E-state index in [0.29, 0.717) is 11.3 Å². The average Bonchev–Trinajstić information content (AvgIpc) is 3.24. The lowest BCUT2D eigenvalue weighted by molar-refractivity contribution is 0.475. The molecule has 0 atom stereocenters. The van der Waals surface area contributed by atoms with E-state index >= 15 is 0 Å². The fourth-order valence-electron chi connectivity index (χ4n) is 3.00. The molecule has 0 aliphatic carbocycles. The fraction of sp³-hybridized carbons (Fsp3) is 0.0526. The number of nitriles is 1. The molecule has 5 heteroatoms. The van der Waals surface area contributed by atoms with Crippen LogP contribution in [0, 0.1) is 18.3 Å². The molecule has 2 aromatic carbocycles. The molecule has 0 aliphatic heterocycles. The van der Waals surface area contributed by atoms with Gasteiger partial charge in [0.1, 0.15) is 17.6 Å². The molecule has 5 nitrogen and oxygen atoms in total. The van der Waals surface area contributed by atoms with Gasteiger partial charge in [-0.05, 0) is 42.8 Å². The van der Waals surface area contributed by atoms with Crippen molar-refractivity contribution in [1.29, 1.82) is 5.26 Å². The van der Waals surface area contributed by atoms with Gasteiger partial charge in [-0.3, -0.25) is 5.10 Å². The first-order valence-electron chi connectivity index (χ1n) is 7.44. The Kier molecular flexibility index (Phi) is 3.10. The van der Waals surface area contributed by atoms with Gasteiger partial charge in [0.05, 0.1) is 23.0 Å². The number of aryl methyl sites for hydroxylation is 1. The number of nitrogens with zero attached hydrogens (tertiary/aromatic N) is 2. The third-order valence-electron chi connectivity index (χ3n) is 4.09. The van der Waals surface area contributed by atoms with Crippen molar-refractivity contribution in [3.05, 3.63) is 60.0 Å². The van der Waals surface area contributed by atoms with Crippen LogP contribution >= 0.6 is 0 Å². The SMILES string of the molecule is Cc1n[nH]c2cc(-c3ccc(O)cc3)c(C#N)c(-c3ccco3)c12. The Morgan fingerprint density at radius 3 is 2.67 bits per heavy atom. The second-order valence-electron chi connectivity index (χ2n) is 5.54. The van der Waals surface area contributed by atoms with Crippen molar-refractivity contribution in [1.82, 2.24) is 10.2 Å². The highest BCUT2D eigenvalue weighted by atomic mass is 16.3. The van der Waals surface area contributed by atoms with Crippen LogP contribution in [0.4, 0.5) is 0 Å². The quantitative estimate of drug-likeness (QED) is 0.575. The maximum atomic E-state index is 9.83. The molecule has 0 spiro atoms. The second kappa shape index (κ2) is 5.28. The number of aromatic nitrogens is 2. The van der Waals surface area contributed by atoms with Crippen molar-refractivity contribution in [2.75, 3.05) is 0 Å². The molecule has 0 unspecified atom stereocenters. The van der Waals surface area contributed by atoms with E-state index in [9.17, 15) is 10.4 Å². The first-order valence-corrected chi connectivity index (χ1v) is 7.44. The number of aromatic hydroxyl groups is 1. The molecular formula is C19H13N3O2. The molecular weight excluding hydrogens is 302 g/mol. The van der Waals surface area contributed by atoms with E-state index in [1.165, 1.54) is 0 Å². The van der Waals surface area contributed by atoms with Crippen molar-refractivity contribution in [2.45, 2.75) is 6.92 Å². The molecule has 0 amide bonds. The number of aromatic amines is 1. The predicted octanol–water partition coefficient (Wildman–Crippen LogP) is 4.38. The minimum atomic E-state index is 0.182. The normalized spacial score (nSPS) is 10.8. The number of fused-ring (bicyclic) bond motifs is 1. The number of hydrogen-bond acceptors (Lipinski definition) is 4. The molecule has 0 bridgehead atoms. The standard InChI is InChI=1S/C19H13N3O2/c1-11-18-16(22-21-11)9-14(12-4-6-13(23)7-5-12)15(10-20)19(18)17-3-2-8-24-17/h2-9,23H,1H3,(H,21,22). The zero-order valence-electron chi connectivity index (χ0n) is 12.9. The van der Waals surface area contributed by atoms with Crippen molar-refractivity contribution in [2.24, 2.45) is 0 Å². The summed E-state index contributed by atoms with van der Waals surface area (Å²) in [6.07, 6.45) is 1.59. The Labute approximate surface area is 137 Å². The van der Waals surface area contributed by atoms with Crippen molar-refractivity contribution in [3.63, 3.8) is 0 Å². The van der Waals surface area contributed by atoms with Crippen molar-refractivity contribution >= 4 is 10.9 Å². The number of furan rings is 1. The van der Waals surface area contributed by atoms with Gasteiger partial charge in [0.15, 0.2) is 0 Å². The summed E-state index contributed by atoms with van der Waals surface area (Å²) in [4.78, 5) is 0. The average molecular weight is 315 g/mol. The van der Waals surface area contributed by atoms with E-state index in [4.69, 9.17) is 4.42 Å². The fourth-order valence-corrected chi connectivity index (χ4v) is 3.00. The zero-order chi connectivity index (χ0) is 16.7. The van der Waals surface area contributed by atoms with Gasteiger partial charge in [-0.15, -0.1) is 0 Å². The minimum absolute atomic E-state index is 0.182. The van der Waals surface area contributed by atoms with Crippen LogP contribution in [0.25, 0.3) is 33.4 Å². The smallest absolute Gasteiger partial charge is 0.135 e.